The molecule has 0 unspecified atom stereocenters. The highest BCUT2D eigenvalue weighted by Crippen LogP contribution is 1.76. The Morgan fingerprint density at radius 1 is 1.00 bits per heavy atom. The van der Waals surface area contributed by atoms with Crippen LogP contribution in [0.4, 0.5) is 0 Å². The molecule has 0 aliphatic heterocycles. The Morgan fingerprint density at radius 3 is 1.20 bits per heavy atom. The second-order valence-corrected chi connectivity index (χ2v) is 1.000. The maximum absolute atomic E-state index is 2.18. The van der Waals surface area contributed by atoms with Crippen molar-refractivity contribution < 1.29 is 0 Å². The maximum atomic E-state index is 2.18. The summed E-state index contributed by atoms with van der Waals surface area (Å²) in [5.41, 5.74) is 0. The second-order valence-electron chi connectivity index (χ2n) is 1.000. The van der Waals surface area contributed by atoms with Crippen LogP contribution < -0.4 is 0 Å². The van der Waals surface area contributed by atoms with E-state index < -0.39 is 0 Å². The van der Waals surface area contributed by atoms with Crippen molar-refractivity contribution in [3.05, 3.63) is 0 Å². The van der Waals surface area contributed by atoms with Gasteiger partial charge in [0.2, 0.25) is 0 Å². The topological polar surface area (TPSA) is 0 Å². The molecule has 0 N–H and O–H groups in total. The molecule has 34 valence electrons. The standard InChI is InChI=1S/C4H10.HI/c1-3-4-2;/h3-4H2,1-2H3;1H. The lowest BCUT2D eigenvalue weighted by Gasteiger charge is -1.68. The molecule has 0 aromatic carbocycles. The summed E-state index contributed by atoms with van der Waals surface area (Å²) in [4.78, 5) is 0. The first-order valence-electron chi connectivity index (χ1n) is 1.91. The number of unbranched alkanes of at least 4 members (excludes halogenated alkanes) is 1. The summed E-state index contributed by atoms with van der Waals surface area (Å²) in [5, 5.41) is 0. The first kappa shape index (κ1) is 9.21. The second kappa shape index (κ2) is 8.83. The summed E-state index contributed by atoms with van der Waals surface area (Å²) in [6.45, 7) is 4.36. The van der Waals surface area contributed by atoms with Gasteiger partial charge in [-0.25, -0.2) is 0 Å². The molecule has 0 bridgehead atoms. The van der Waals surface area contributed by atoms with E-state index in [4.69, 9.17) is 0 Å². The van der Waals surface area contributed by atoms with Gasteiger partial charge in [0.25, 0.3) is 0 Å². The van der Waals surface area contributed by atoms with Crippen LogP contribution in [0.2, 0.25) is 0 Å². The number of hydrogen-bond acceptors (Lipinski definition) is 0. The first-order chi connectivity index (χ1) is 1.91. The minimum atomic E-state index is 0. The fraction of sp³-hybridized carbons (Fsp3) is 1.00. The number of hydrogen-bond donors (Lipinski definition) is 0. The lowest BCUT2D eigenvalue weighted by atomic mass is 10.4. The molecule has 0 aliphatic rings. The van der Waals surface area contributed by atoms with Crippen LogP contribution in [0, 0.1) is 0 Å². The van der Waals surface area contributed by atoms with E-state index in [0.717, 1.165) is 0 Å². The summed E-state index contributed by atoms with van der Waals surface area (Å²) >= 11 is 0. The van der Waals surface area contributed by atoms with Crippen molar-refractivity contribution in [3.8, 4) is 0 Å². The molecule has 0 saturated heterocycles. The van der Waals surface area contributed by atoms with E-state index in [1.807, 2.05) is 0 Å². The molecule has 0 amide bonds. The zero-order chi connectivity index (χ0) is 3.41. The average molecular weight is 186 g/mol. The van der Waals surface area contributed by atoms with Crippen LogP contribution in [-0.2, 0) is 0 Å². The van der Waals surface area contributed by atoms with Crippen molar-refractivity contribution in [2.75, 3.05) is 0 Å². The molecule has 0 nitrogen and oxygen atoms in total. The average Bonchev–Trinajstić information content (AvgIpc) is 1.37. The van der Waals surface area contributed by atoms with Gasteiger partial charge in [-0.1, -0.05) is 26.7 Å². The van der Waals surface area contributed by atoms with Gasteiger partial charge in [0, 0.05) is 0 Å². The van der Waals surface area contributed by atoms with Crippen LogP contribution in [0.1, 0.15) is 26.7 Å². The van der Waals surface area contributed by atoms with E-state index in [1.54, 1.807) is 0 Å². The summed E-state index contributed by atoms with van der Waals surface area (Å²) in [6, 6.07) is 0. The molecule has 0 heterocycles. The molecule has 0 aliphatic carbocycles. The van der Waals surface area contributed by atoms with Crippen LogP contribution in [0.5, 0.6) is 0 Å². The molecule has 0 aromatic rings. The molecule has 0 atom stereocenters. The van der Waals surface area contributed by atoms with Gasteiger partial charge in [-0.2, -0.15) is 0 Å². The first-order valence-corrected chi connectivity index (χ1v) is 1.91. The van der Waals surface area contributed by atoms with Crippen LogP contribution in [0.3, 0.4) is 0 Å². The van der Waals surface area contributed by atoms with Gasteiger partial charge in [0.05, 0.1) is 0 Å². The Labute approximate surface area is 51.0 Å². The van der Waals surface area contributed by atoms with E-state index in [1.165, 1.54) is 12.8 Å². The van der Waals surface area contributed by atoms with Crippen molar-refractivity contribution in [1.29, 1.82) is 0 Å². The minimum Gasteiger partial charge on any atom is -0.107 e. The van der Waals surface area contributed by atoms with E-state index in [9.17, 15) is 0 Å². The lowest BCUT2D eigenvalue weighted by molar-refractivity contribution is 0.886. The van der Waals surface area contributed by atoms with E-state index >= 15 is 0 Å². The van der Waals surface area contributed by atoms with Gasteiger partial charge in [0.1, 0.15) is 0 Å². The van der Waals surface area contributed by atoms with Crippen LogP contribution >= 0.6 is 24.0 Å². The Morgan fingerprint density at radius 2 is 1.20 bits per heavy atom. The Bertz CT molecular complexity index is 5.61. The molecule has 0 radical (unpaired) electrons. The fourth-order valence-electron chi connectivity index (χ4n) is 0. The molecular formula is C4H11I. The molecule has 5 heavy (non-hydrogen) atoms. The fourth-order valence-corrected chi connectivity index (χ4v) is 0. The normalized spacial score (nSPS) is 6.00. The predicted molar refractivity (Wildman–Crippen MR) is 36.0 cm³/mol. The monoisotopic (exact) mass is 186 g/mol. The molecular weight excluding hydrogens is 175 g/mol. The van der Waals surface area contributed by atoms with E-state index in [2.05, 4.69) is 13.8 Å². The largest absolute Gasteiger partial charge is 0.107 e. The molecule has 0 aromatic heterocycles. The van der Waals surface area contributed by atoms with Crippen LogP contribution in [0.15, 0.2) is 0 Å². The predicted octanol–water partition coefficient (Wildman–Crippen LogP) is 2.42. The molecule has 0 saturated carbocycles. The lowest BCUT2D eigenvalue weighted by Crippen LogP contribution is -1.47. The third-order valence-corrected chi connectivity index (χ3v) is 0.500. The highest BCUT2D eigenvalue weighted by Gasteiger charge is 1.56. The van der Waals surface area contributed by atoms with Gasteiger partial charge in [-0.15, -0.1) is 24.0 Å². The maximum Gasteiger partial charge on any atom is -0.0564 e. The van der Waals surface area contributed by atoms with Gasteiger partial charge < -0.3 is 0 Å². The Kier molecular flexibility index (Phi) is 16.3. The highest BCUT2D eigenvalue weighted by atomic mass is 127. The summed E-state index contributed by atoms with van der Waals surface area (Å²) < 4.78 is 0. The Balaban J connectivity index is 0. The SMILES string of the molecule is CCCC.I. The van der Waals surface area contributed by atoms with Crippen molar-refractivity contribution in [1.82, 2.24) is 0 Å². The van der Waals surface area contributed by atoms with Gasteiger partial charge in [-0.3, -0.25) is 0 Å². The Hall–Kier alpha value is 0.730. The quantitative estimate of drug-likeness (QED) is 0.551. The molecule has 0 fully saturated rings. The highest BCUT2D eigenvalue weighted by molar-refractivity contribution is 14.0. The minimum absolute atomic E-state index is 0. The van der Waals surface area contributed by atoms with Gasteiger partial charge in [0.15, 0.2) is 0 Å². The summed E-state index contributed by atoms with van der Waals surface area (Å²) in [5.74, 6) is 0. The smallest absolute Gasteiger partial charge is 0.0564 e. The number of rotatable bonds is 1. The third kappa shape index (κ3) is 11.8. The molecule has 0 rings (SSSR count). The van der Waals surface area contributed by atoms with Crippen molar-refractivity contribution in [2.45, 2.75) is 26.7 Å². The van der Waals surface area contributed by atoms with Crippen molar-refractivity contribution in [3.63, 3.8) is 0 Å². The summed E-state index contributed by atoms with van der Waals surface area (Å²) in [6.07, 6.45) is 2.64. The zero-order valence-corrected chi connectivity index (χ0v) is 6.15. The van der Waals surface area contributed by atoms with Crippen molar-refractivity contribution >= 4 is 24.0 Å². The number of halogens is 1. The molecule has 1 heteroatoms. The van der Waals surface area contributed by atoms with Crippen LogP contribution in [0.25, 0.3) is 0 Å². The van der Waals surface area contributed by atoms with Gasteiger partial charge >= 0.3 is 0 Å². The zero-order valence-electron chi connectivity index (χ0n) is 3.82. The summed E-state index contributed by atoms with van der Waals surface area (Å²) in [7, 11) is 0. The van der Waals surface area contributed by atoms with E-state index in [-0.39, 0.29) is 24.0 Å². The van der Waals surface area contributed by atoms with Crippen molar-refractivity contribution in [2.24, 2.45) is 0 Å². The van der Waals surface area contributed by atoms with Crippen LogP contribution in [-0.4, -0.2) is 0 Å². The van der Waals surface area contributed by atoms with E-state index in [0.29, 0.717) is 0 Å². The molecule has 0 spiro atoms. The third-order valence-electron chi connectivity index (χ3n) is 0.500. The van der Waals surface area contributed by atoms with Gasteiger partial charge in [-0.05, 0) is 0 Å².